The predicted octanol–water partition coefficient (Wildman–Crippen LogP) is 3.38. The van der Waals surface area contributed by atoms with E-state index >= 15 is 0 Å². The van der Waals surface area contributed by atoms with Crippen LogP contribution in [0.3, 0.4) is 0 Å². The lowest BCUT2D eigenvalue weighted by atomic mass is 10.1. The van der Waals surface area contributed by atoms with Crippen molar-refractivity contribution in [2.45, 2.75) is 46.3 Å². The number of nitrogens with one attached hydrogen (secondary N) is 2. The van der Waals surface area contributed by atoms with Crippen molar-refractivity contribution in [2.75, 3.05) is 39.5 Å². The average molecular weight is 769 g/mol. The lowest BCUT2D eigenvalue weighted by Gasteiger charge is -2.17. The van der Waals surface area contributed by atoms with Gasteiger partial charge in [-0.05, 0) is 68.5 Å². The van der Waals surface area contributed by atoms with Gasteiger partial charge in [0.25, 0.3) is 0 Å². The van der Waals surface area contributed by atoms with Crippen molar-refractivity contribution in [1.82, 2.24) is 9.44 Å². The molecule has 270 valence electrons. The molecule has 18 heteroatoms. The normalized spacial score (nSPS) is 17.8. The molecular formula is C32H36N2O12S4. The molecule has 0 saturated carbocycles. The van der Waals surface area contributed by atoms with Crippen molar-refractivity contribution in [1.29, 1.82) is 0 Å². The number of rotatable bonds is 6. The first kappa shape index (κ1) is 37.6. The first-order valence-electron chi connectivity index (χ1n) is 15.4. The van der Waals surface area contributed by atoms with Gasteiger partial charge in [0.15, 0.2) is 11.5 Å². The van der Waals surface area contributed by atoms with Crippen molar-refractivity contribution >= 4 is 51.1 Å². The summed E-state index contributed by atoms with van der Waals surface area (Å²) < 4.78 is 135. The van der Waals surface area contributed by atoms with Gasteiger partial charge >= 0.3 is 20.2 Å². The van der Waals surface area contributed by atoms with Crippen molar-refractivity contribution in [3.8, 4) is 11.5 Å². The van der Waals surface area contributed by atoms with E-state index < -0.39 is 61.6 Å². The highest BCUT2D eigenvalue weighted by Crippen LogP contribution is 2.41. The van der Waals surface area contributed by atoms with Crippen molar-refractivity contribution in [3.05, 3.63) is 83.9 Å². The Kier molecular flexibility index (Phi) is 11.5. The van der Waals surface area contributed by atoms with E-state index in [1.165, 1.54) is 48.5 Å². The molecule has 0 radical (unpaired) electrons. The van der Waals surface area contributed by atoms with Crippen LogP contribution in [0.1, 0.15) is 24.0 Å². The smallest absolute Gasteiger partial charge is 0.339 e. The van der Waals surface area contributed by atoms with E-state index in [1.54, 1.807) is 13.8 Å². The number of hydrogen-bond donors (Lipinski definition) is 2. The molecule has 0 unspecified atom stereocenters. The van der Waals surface area contributed by atoms with Crippen LogP contribution in [0.4, 0.5) is 0 Å². The summed E-state index contributed by atoms with van der Waals surface area (Å²) in [6, 6.07) is 15.2. The van der Waals surface area contributed by atoms with Crippen LogP contribution in [0.15, 0.2) is 92.4 Å². The standard InChI is InChI=1S/C32H36N2O12S4/c1-23-5-9-26(10-6-23)49(39,40)45-30-21-28-19-25-20-29(22-31(32(25)30)46-50(41,42)27-11-7-24(2)8-12-27)48(37,38)34-14-4-16-44-18-17-43-15-3-13-33-47(28,35)36/h5-12,19-22,33-34H,3-4,13-18H2,1-2H3. The second-order valence-corrected chi connectivity index (χ2v) is 18.0. The fourth-order valence-electron chi connectivity index (χ4n) is 4.82. The third kappa shape index (κ3) is 9.18. The van der Waals surface area contributed by atoms with E-state index in [4.69, 9.17) is 17.8 Å². The lowest BCUT2D eigenvalue weighted by Crippen LogP contribution is -2.26. The van der Waals surface area contributed by atoms with Gasteiger partial charge in [-0.1, -0.05) is 35.4 Å². The quantitative estimate of drug-likeness (QED) is 0.272. The number of ether oxygens (including phenoxy) is 2. The van der Waals surface area contributed by atoms with E-state index in [9.17, 15) is 33.7 Å². The molecule has 0 amide bonds. The summed E-state index contributed by atoms with van der Waals surface area (Å²) in [5, 5.41) is -0.523. The topological polar surface area (TPSA) is 198 Å². The zero-order chi connectivity index (χ0) is 36.2. The Morgan fingerprint density at radius 2 is 0.960 bits per heavy atom. The van der Waals surface area contributed by atoms with Gasteiger partial charge in [0.05, 0.1) is 28.4 Å². The van der Waals surface area contributed by atoms with Gasteiger partial charge < -0.3 is 17.8 Å². The SMILES string of the molecule is Cc1ccc(S(=O)(=O)Oc2cc3cc4cc(cc(OS(=O)(=O)c5ccc(C)cc5)c24)S(=O)(=O)NCCCOCCOCCCNS3(=O)=O)cc1. The fraction of sp³-hybridized carbons (Fsp3) is 0.312. The molecule has 4 aromatic carbocycles. The average Bonchev–Trinajstić information content (AvgIpc) is 3.04. The van der Waals surface area contributed by atoms with Gasteiger partial charge in [0, 0.05) is 38.4 Å². The van der Waals surface area contributed by atoms with Crippen LogP contribution in [0.5, 0.6) is 11.5 Å². The van der Waals surface area contributed by atoms with Gasteiger partial charge in [-0.3, -0.25) is 0 Å². The number of benzene rings is 4. The third-order valence-corrected chi connectivity index (χ3v) is 12.8. The molecular weight excluding hydrogens is 733 g/mol. The van der Waals surface area contributed by atoms with Gasteiger partial charge in [-0.15, -0.1) is 0 Å². The van der Waals surface area contributed by atoms with Crippen LogP contribution < -0.4 is 17.8 Å². The minimum absolute atomic E-state index is 0.0550. The summed E-state index contributed by atoms with van der Waals surface area (Å²) in [7, 11) is -18.1. The molecule has 50 heavy (non-hydrogen) atoms. The van der Waals surface area contributed by atoms with Gasteiger partial charge in [-0.2, -0.15) is 16.8 Å². The van der Waals surface area contributed by atoms with Gasteiger partial charge in [0.2, 0.25) is 20.0 Å². The molecule has 0 spiro atoms. The molecule has 1 heterocycles. The van der Waals surface area contributed by atoms with Crippen LogP contribution in [0.2, 0.25) is 0 Å². The molecule has 0 saturated heterocycles. The molecule has 0 aromatic heterocycles. The van der Waals surface area contributed by atoms with Gasteiger partial charge in [-0.25, -0.2) is 26.3 Å². The van der Waals surface area contributed by atoms with E-state index in [0.29, 0.717) is 12.8 Å². The molecule has 1 aliphatic heterocycles. The molecule has 4 aromatic rings. The Labute approximate surface area is 292 Å². The maximum absolute atomic E-state index is 13.5. The number of sulfonamides is 2. The van der Waals surface area contributed by atoms with Crippen molar-refractivity contribution in [3.63, 3.8) is 0 Å². The molecule has 0 fully saturated rings. The number of hydrogen-bond acceptors (Lipinski definition) is 12. The summed E-state index contributed by atoms with van der Waals surface area (Å²) in [4.78, 5) is -1.52. The van der Waals surface area contributed by atoms with Crippen LogP contribution in [-0.4, -0.2) is 73.2 Å². The van der Waals surface area contributed by atoms with Crippen LogP contribution in [-0.2, 0) is 49.8 Å². The summed E-state index contributed by atoms with van der Waals surface area (Å²) in [6.45, 7) is 4.30. The largest absolute Gasteiger partial charge is 0.379 e. The summed E-state index contributed by atoms with van der Waals surface area (Å²) in [6.07, 6.45) is 0.582. The molecule has 3 bridgehead atoms. The Hall–Kier alpha value is -3.62. The maximum atomic E-state index is 13.5. The fourth-order valence-corrected chi connectivity index (χ4v) is 8.93. The highest BCUT2D eigenvalue weighted by atomic mass is 32.2. The summed E-state index contributed by atoms with van der Waals surface area (Å²) >= 11 is 0. The molecule has 1 aliphatic rings. The van der Waals surface area contributed by atoms with Crippen molar-refractivity contribution in [2.24, 2.45) is 0 Å². The zero-order valence-electron chi connectivity index (χ0n) is 27.1. The van der Waals surface area contributed by atoms with Crippen LogP contribution >= 0.6 is 0 Å². The second kappa shape index (κ2) is 15.3. The first-order chi connectivity index (χ1) is 23.6. The lowest BCUT2D eigenvalue weighted by molar-refractivity contribution is 0.0467. The third-order valence-electron chi connectivity index (χ3n) is 7.45. The maximum Gasteiger partial charge on any atom is 0.339 e. The van der Waals surface area contributed by atoms with Gasteiger partial charge in [0.1, 0.15) is 9.79 Å². The van der Waals surface area contributed by atoms with Crippen molar-refractivity contribution < 1.29 is 51.5 Å². The Morgan fingerprint density at radius 1 is 0.580 bits per heavy atom. The molecule has 0 aliphatic carbocycles. The molecule has 14 nitrogen and oxygen atoms in total. The van der Waals surface area contributed by atoms with E-state index in [0.717, 1.165) is 35.4 Å². The summed E-state index contributed by atoms with van der Waals surface area (Å²) in [5.41, 5.74) is 1.51. The van der Waals surface area contributed by atoms with E-state index in [-0.39, 0.29) is 60.1 Å². The summed E-state index contributed by atoms with van der Waals surface area (Å²) in [5.74, 6) is -1.25. The Morgan fingerprint density at radius 3 is 1.34 bits per heavy atom. The Bertz CT molecular complexity index is 2130. The van der Waals surface area contributed by atoms with Crippen LogP contribution in [0, 0.1) is 13.8 Å². The molecule has 0 atom stereocenters. The number of aryl methyl sites for hydroxylation is 2. The monoisotopic (exact) mass is 768 g/mol. The number of fused-ring (bicyclic) bond motifs is 2. The highest BCUT2D eigenvalue weighted by Gasteiger charge is 2.28. The highest BCUT2D eigenvalue weighted by molar-refractivity contribution is 7.90. The Balaban J connectivity index is 1.75. The van der Waals surface area contributed by atoms with Crippen LogP contribution in [0.25, 0.3) is 10.8 Å². The minimum atomic E-state index is -4.66. The first-order valence-corrected chi connectivity index (χ1v) is 21.1. The minimum Gasteiger partial charge on any atom is -0.379 e. The predicted molar refractivity (Wildman–Crippen MR) is 183 cm³/mol. The van der Waals surface area contributed by atoms with E-state index in [1.807, 2.05) is 0 Å². The zero-order valence-corrected chi connectivity index (χ0v) is 30.4. The van der Waals surface area contributed by atoms with E-state index in [2.05, 4.69) is 9.44 Å². The molecule has 5 rings (SSSR count). The molecule has 2 N–H and O–H groups in total. The second-order valence-electron chi connectivity index (χ2n) is 11.4.